The van der Waals surface area contributed by atoms with Gasteiger partial charge < -0.3 is 10.2 Å². The Balaban J connectivity index is 2.20. The molecule has 3 nitrogen and oxygen atoms in total. The van der Waals surface area contributed by atoms with E-state index in [1.54, 1.807) is 6.07 Å². The van der Waals surface area contributed by atoms with E-state index in [9.17, 15) is 9.18 Å². The molecule has 1 fully saturated rings. The number of rotatable bonds is 2. The Morgan fingerprint density at radius 2 is 2.21 bits per heavy atom. The van der Waals surface area contributed by atoms with Gasteiger partial charge in [0.1, 0.15) is 0 Å². The molecule has 1 aromatic rings. The quantitative estimate of drug-likeness (QED) is 0.757. The summed E-state index contributed by atoms with van der Waals surface area (Å²) in [5, 5.41) is 17.6. The van der Waals surface area contributed by atoms with Crippen LogP contribution in [0.2, 0.25) is 0 Å². The number of carboxylic acids is 1. The summed E-state index contributed by atoms with van der Waals surface area (Å²) in [6.07, 6.45) is 0.555. The van der Waals surface area contributed by atoms with Gasteiger partial charge in [-0.25, -0.2) is 4.39 Å². The summed E-state index contributed by atoms with van der Waals surface area (Å²) in [6, 6.07) is 4.01. The second kappa shape index (κ2) is 2.97. The number of hydrogen-bond donors (Lipinski definition) is 2. The van der Waals surface area contributed by atoms with E-state index in [1.807, 2.05) is 0 Å². The topological polar surface area (TPSA) is 57.5 Å². The molecule has 4 heteroatoms. The lowest BCUT2D eigenvalue weighted by molar-refractivity contribution is -0.138. The minimum absolute atomic E-state index is 0.0948. The number of halogens is 1. The van der Waals surface area contributed by atoms with Gasteiger partial charge in [0.25, 0.3) is 0 Å². The van der Waals surface area contributed by atoms with Crippen molar-refractivity contribution in [2.75, 3.05) is 0 Å². The van der Waals surface area contributed by atoms with Crippen LogP contribution in [0.25, 0.3) is 0 Å². The maximum Gasteiger partial charge on any atom is 0.307 e. The van der Waals surface area contributed by atoms with Crippen LogP contribution in [0.1, 0.15) is 17.9 Å². The van der Waals surface area contributed by atoms with Crippen LogP contribution in [-0.2, 0) is 4.79 Å². The summed E-state index contributed by atoms with van der Waals surface area (Å²) >= 11 is 0. The highest BCUT2D eigenvalue weighted by molar-refractivity contribution is 5.75. The zero-order chi connectivity index (χ0) is 10.3. The molecular formula is C10H9FO3. The molecule has 14 heavy (non-hydrogen) atoms. The van der Waals surface area contributed by atoms with Crippen molar-refractivity contribution in [1.29, 1.82) is 0 Å². The molecule has 0 bridgehead atoms. The first-order valence-corrected chi connectivity index (χ1v) is 4.31. The molecule has 1 aromatic carbocycles. The molecule has 0 saturated heterocycles. The predicted octanol–water partition coefficient (Wildman–Crippen LogP) is 1.72. The molecule has 1 aliphatic rings. The summed E-state index contributed by atoms with van der Waals surface area (Å²) in [6.45, 7) is 0. The monoisotopic (exact) mass is 196 g/mol. The van der Waals surface area contributed by atoms with Gasteiger partial charge in [-0.05, 0) is 30.0 Å². The Kier molecular flexibility index (Phi) is 1.91. The van der Waals surface area contributed by atoms with E-state index in [0.29, 0.717) is 12.0 Å². The van der Waals surface area contributed by atoms with Crippen molar-refractivity contribution in [2.45, 2.75) is 12.3 Å². The zero-order valence-electron chi connectivity index (χ0n) is 7.27. The number of aromatic hydroxyl groups is 1. The van der Waals surface area contributed by atoms with Gasteiger partial charge >= 0.3 is 5.97 Å². The van der Waals surface area contributed by atoms with Crippen molar-refractivity contribution in [2.24, 2.45) is 5.92 Å². The molecule has 0 spiro atoms. The molecular weight excluding hydrogens is 187 g/mol. The average Bonchev–Trinajstić information content (AvgIpc) is 2.89. The van der Waals surface area contributed by atoms with Crippen molar-refractivity contribution in [3.8, 4) is 5.75 Å². The lowest BCUT2D eigenvalue weighted by Crippen LogP contribution is -1.99. The number of hydrogen-bond acceptors (Lipinski definition) is 2. The summed E-state index contributed by atoms with van der Waals surface area (Å²) < 4.78 is 12.9. The first-order valence-electron chi connectivity index (χ1n) is 4.31. The first-order chi connectivity index (χ1) is 6.59. The molecule has 0 radical (unpaired) electrons. The molecule has 0 heterocycles. The lowest BCUT2D eigenvalue weighted by atomic mass is 10.1. The lowest BCUT2D eigenvalue weighted by Gasteiger charge is -2.00. The minimum Gasteiger partial charge on any atom is -0.505 e. The van der Waals surface area contributed by atoms with E-state index < -0.39 is 17.5 Å². The first kappa shape index (κ1) is 8.99. The van der Waals surface area contributed by atoms with Gasteiger partial charge in [-0.3, -0.25) is 4.79 Å². The van der Waals surface area contributed by atoms with Gasteiger partial charge in [0.15, 0.2) is 11.6 Å². The third kappa shape index (κ3) is 1.43. The van der Waals surface area contributed by atoms with Gasteiger partial charge in [-0.2, -0.15) is 0 Å². The molecule has 74 valence electrons. The van der Waals surface area contributed by atoms with Crippen LogP contribution in [0.15, 0.2) is 18.2 Å². The van der Waals surface area contributed by atoms with Crippen molar-refractivity contribution >= 4 is 5.97 Å². The fraction of sp³-hybridized carbons (Fsp3) is 0.300. The van der Waals surface area contributed by atoms with Crippen LogP contribution in [-0.4, -0.2) is 16.2 Å². The number of carboxylic acid groups (broad SMARTS) is 1. The predicted molar refractivity (Wildman–Crippen MR) is 46.5 cm³/mol. The van der Waals surface area contributed by atoms with Crippen LogP contribution in [0.5, 0.6) is 5.75 Å². The fourth-order valence-corrected chi connectivity index (χ4v) is 1.59. The van der Waals surface area contributed by atoms with Crippen LogP contribution in [0.4, 0.5) is 4.39 Å². The van der Waals surface area contributed by atoms with E-state index in [-0.39, 0.29) is 11.8 Å². The van der Waals surface area contributed by atoms with E-state index in [2.05, 4.69) is 0 Å². The largest absolute Gasteiger partial charge is 0.505 e. The van der Waals surface area contributed by atoms with Gasteiger partial charge in [-0.1, -0.05) is 6.07 Å². The normalized spacial score (nSPS) is 24.6. The van der Waals surface area contributed by atoms with E-state index in [1.165, 1.54) is 12.1 Å². The van der Waals surface area contributed by atoms with E-state index in [4.69, 9.17) is 10.2 Å². The molecule has 0 amide bonds. The van der Waals surface area contributed by atoms with Gasteiger partial charge in [0.2, 0.25) is 0 Å². The van der Waals surface area contributed by atoms with Gasteiger partial charge in [0, 0.05) is 0 Å². The molecule has 2 rings (SSSR count). The van der Waals surface area contributed by atoms with Crippen LogP contribution < -0.4 is 0 Å². The number of aliphatic carboxylic acids is 1. The van der Waals surface area contributed by atoms with Crippen molar-refractivity contribution in [3.63, 3.8) is 0 Å². The van der Waals surface area contributed by atoms with Gasteiger partial charge in [-0.15, -0.1) is 0 Å². The Morgan fingerprint density at radius 3 is 2.71 bits per heavy atom. The fourth-order valence-electron chi connectivity index (χ4n) is 1.59. The number of carbonyl (C=O) groups is 1. The SMILES string of the molecule is O=C(O)[C@@H]1C[C@H]1c1ccc(O)c(F)c1. The smallest absolute Gasteiger partial charge is 0.307 e. The summed E-state index contributed by atoms with van der Waals surface area (Å²) in [5.41, 5.74) is 0.646. The Hall–Kier alpha value is -1.58. The van der Waals surface area contributed by atoms with E-state index in [0.717, 1.165) is 0 Å². The van der Waals surface area contributed by atoms with Crippen LogP contribution >= 0.6 is 0 Å². The summed E-state index contributed by atoms with van der Waals surface area (Å²) in [5.74, 6) is -2.43. The zero-order valence-corrected chi connectivity index (χ0v) is 7.27. The van der Waals surface area contributed by atoms with Gasteiger partial charge in [0.05, 0.1) is 5.92 Å². The summed E-state index contributed by atoms with van der Waals surface area (Å²) in [4.78, 5) is 10.6. The third-order valence-corrected chi connectivity index (χ3v) is 2.51. The molecule has 2 N–H and O–H groups in total. The van der Waals surface area contributed by atoms with E-state index >= 15 is 0 Å². The molecule has 2 atom stereocenters. The van der Waals surface area contributed by atoms with Crippen LogP contribution in [0.3, 0.4) is 0 Å². The maximum absolute atomic E-state index is 12.9. The Morgan fingerprint density at radius 1 is 1.50 bits per heavy atom. The standard InChI is InChI=1S/C10H9FO3/c11-8-3-5(1-2-9(8)12)6-4-7(6)10(13)14/h1-3,6-7,12H,4H2,(H,13,14)/t6-,7+/m0/s1. The summed E-state index contributed by atoms with van der Waals surface area (Å²) in [7, 11) is 0. The second-order valence-electron chi connectivity index (χ2n) is 3.50. The number of phenolic OH excluding ortho intramolecular Hbond substituents is 1. The van der Waals surface area contributed by atoms with Crippen molar-refractivity contribution in [1.82, 2.24) is 0 Å². The highest BCUT2D eigenvalue weighted by Crippen LogP contribution is 2.47. The molecule has 0 unspecified atom stereocenters. The van der Waals surface area contributed by atoms with Crippen molar-refractivity contribution in [3.05, 3.63) is 29.6 Å². The maximum atomic E-state index is 12.9. The minimum atomic E-state index is -0.844. The number of benzene rings is 1. The second-order valence-corrected chi connectivity index (χ2v) is 3.50. The highest BCUT2D eigenvalue weighted by Gasteiger charge is 2.44. The Bertz CT molecular complexity index is 389. The number of phenols is 1. The van der Waals surface area contributed by atoms with Crippen LogP contribution in [0, 0.1) is 11.7 Å². The molecule has 0 aliphatic heterocycles. The Labute approximate surface area is 79.8 Å². The third-order valence-electron chi connectivity index (χ3n) is 2.51. The van der Waals surface area contributed by atoms with Crippen molar-refractivity contribution < 1.29 is 19.4 Å². The highest BCUT2D eigenvalue weighted by atomic mass is 19.1. The average molecular weight is 196 g/mol. The molecule has 0 aromatic heterocycles. The molecule has 1 saturated carbocycles. The molecule has 1 aliphatic carbocycles.